The van der Waals surface area contributed by atoms with Crippen LogP contribution in [-0.2, 0) is 6.54 Å². The highest BCUT2D eigenvalue weighted by Crippen LogP contribution is 2.14. The minimum Gasteiger partial charge on any atom is -0.348 e. The molecule has 1 N–H and O–H groups in total. The maximum Gasteiger partial charge on any atom is 0.251 e. The number of rotatable bonds is 4. The van der Waals surface area contributed by atoms with Gasteiger partial charge in [0.1, 0.15) is 5.82 Å². The molecule has 0 aliphatic carbocycles. The van der Waals surface area contributed by atoms with Crippen LogP contribution in [0, 0.1) is 5.82 Å². The number of carbonyl (C=O) groups is 1. The number of hydrogen-bond acceptors (Lipinski definition) is 1. The predicted molar refractivity (Wildman–Crippen MR) is 78.1 cm³/mol. The number of hydrogen-bond donors (Lipinski definition) is 1. The van der Waals surface area contributed by atoms with Crippen molar-refractivity contribution in [1.82, 2.24) is 5.32 Å². The summed E-state index contributed by atoms with van der Waals surface area (Å²) in [4.78, 5) is 12.0. The molecule has 0 saturated carbocycles. The molecule has 104 valence electrons. The Labute approximate surface area is 118 Å². The molecule has 2 nitrogen and oxygen atoms in total. The summed E-state index contributed by atoms with van der Waals surface area (Å²) in [5.74, 6) is 0.0558. The molecule has 0 aromatic heterocycles. The molecule has 0 fully saturated rings. The zero-order chi connectivity index (χ0) is 14.5. The third kappa shape index (κ3) is 3.67. The van der Waals surface area contributed by atoms with E-state index in [0.29, 0.717) is 18.0 Å². The van der Waals surface area contributed by atoms with Crippen molar-refractivity contribution < 1.29 is 9.18 Å². The lowest BCUT2D eigenvalue weighted by Gasteiger charge is -2.08. The summed E-state index contributed by atoms with van der Waals surface area (Å²) in [5, 5.41) is 2.82. The molecule has 0 spiro atoms. The van der Waals surface area contributed by atoms with Gasteiger partial charge in [0.2, 0.25) is 0 Å². The lowest BCUT2D eigenvalue weighted by atomic mass is 10.0. The van der Waals surface area contributed by atoms with E-state index in [-0.39, 0.29) is 11.7 Å². The Morgan fingerprint density at radius 3 is 2.20 bits per heavy atom. The Balaban J connectivity index is 1.96. The van der Waals surface area contributed by atoms with Crippen molar-refractivity contribution >= 4 is 5.91 Å². The summed E-state index contributed by atoms with van der Waals surface area (Å²) in [5.41, 5.74) is 2.72. The molecule has 0 heterocycles. The van der Waals surface area contributed by atoms with Gasteiger partial charge < -0.3 is 5.32 Å². The smallest absolute Gasteiger partial charge is 0.251 e. The topological polar surface area (TPSA) is 29.1 Å². The minimum absolute atomic E-state index is 0.121. The van der Waals surface area contributed by atoms with Crippen molar-refractivity contribution in [2.24, 2.45) is 0 Å². The highest BCUT2D eigenvalue weighted by Gasteiger charge is 2.06. The monoisotopic (exact) mass is 271 g/mol. The molecule has 20 heavy (non-hydrogen) atoms. The van der Waals surface area contributed by atoms with Crippen LogP contribution in [0.25, 0.3) is 0 Å². The Hall–Kier alpha value is -2.16. The third-order valence-corrected chi connectivity index (χ3v) is 3.21. The Morgan fingerprint density at radius 2 is 1.65 bits per heavy atom. The van der Waals surface area contributed by atoms with Gasteiger partial charge in [-0.2, -0.15) is 0 Å². The van der Waals surface area contributed by atoms with Crippen LogP contribution in [0.15, 0.2) is 48.5 Å². The second kappa shape index (κ2) is 6.33. The SMILES string of the molecule is CC(C)c1ccc(C(=O)NCc2ccc(F)cc2)cc1. The van der Waals surface area contributed by atoms with Gasteiger partial charge >= 0.3 is 0 Å². The van der Waals surface area contributed by atoms with Gasteiger partial charge in [0.25, 0.3) is 5.91 Å². The van der Waals surface area contributed by atoms with E-state index >= 15 is 0 Å². The number of carbonyl (C=O) groups excluding carboxylic acids is 1. The fourth-order valence-corrected chi connectivity index (χ4v) is 1.91. The Bertz CT molecular complexity index is 573. The summed E-state index contributed by atoms with van der Waals surface area (Å²) in [6.07, 6.45) is 0. The molecule has 0 aliphatic heterocycles. The average Bonchev–Trinajstić information content (AvgIpc) is 2.46. The standard InChI is InChI=1S/C17H18FNO/c1-12(2)14-5-7-15(8-6-14)17(20)19-11-13-3-9-16(18)10-4-13/h3-10,12H,11H2,1-2H3,(H,19,20). The van der Waals surface area contributed by atoms with E-state index < -0.39 is 0 Å². The van der Waals surface area contributed by atoms with E-state index in [2.05, 4.69) is 19.2 Å². The van der Waals surface area contributed by atoms with Crippen LogP contribution in [0.5, 0.6) is 0 Å². The molecule has 0 bridgehead atoms. The third-order valence-electron chi connectivity index (χ3n) is 3.21. The van der Waals surface area contributed by atoms with Crippen LogP contribution in [0.4, 0.5) is 4.39 Å². The van der Waals surface area contributed by atoms with E-state index in [4.69, 9.17) is 0 Å². The van der Waals surface area contributed by atoms with Crippen molar-refractivity contribution in [3.63, 3.8) is 0 Å². The van der Waals surface area contributed by atoms with Crippen LogP contribution in [0.2, 0.25) is 0 Å². The second-order valence-electron chi connectivity index (χ2n) is 5.09. The molecule has 2 aromatic rings. The molecule has 0 atom stereocenters. The Morgan fingerprint density at radius 1 is 1.05 bits per heavy atom. The van der Waals surface area contributed by atoms with E-state index in [1.807, 2.05) is 24.3 Å². The van der Waals surface area contributed by atoms with Crippen molar-refractivity contribution in [2.75, 3.05) is 0 Å². The maximum atomic E-state index is 12.8. The van der Waals surface area contributed by atoms with E-state index in [0.717, 1.165) is 5.56 Å². The van der Waals surface area contributed by atoms with Crippen LogP contribution in [0.1, 0.15) is 41.3 Å². The zero-order valence-electron chi connectivity index (χ0n) is 11.7. The predicted octanol–water partition coefficient (Wildman–Crippen LogP) is 3.88. The van der Waals surface area contributed by atoms with Crippen LogP contribution >= 0.6 is 0 Å². The fraction of sp³-hybridized carbons (Fsp3) is 0.235. The lowest BCUT2D eigenvalue weighted by molar-refractivity contribution is 0.0951. The molecule has 2 rings (SSSR count). The van der Waals surface area contributed by atoms with Gasteiger partial charge in [-0.3, -0.25) is 4.79 Å². The number of halogens is 1. The number of nitrogens with one attached hydrogen (secondary N) is 1. The highest BCUT2D eigenvalue weighted by molar-refractivity contribution is 5.94. The molecule has 2 aromatic carbocycles. The van der Waals surface area contributed by atoms with Crippen molar-refractivity contribution in [3.8, 4) is 0 Å². The Kier molecular flexibility index (Phi) is 4.51. The van der Waals surface area contributed by atoms with Crippen LogP contribution < -0.4 is 5.32 Å². The summed E-state index contributed by atoms with van der Waals surface area (Å²) >= 11 is 0. The highest BCUT2D eigenvalue weighted by atomic mass is 19.1. The van der Waals surface area contributed by atoms with E-state index in [1.54, 1.807) is 12.1 Å². The molecule has 0 unspecified atom stereocenters. The summed E-state index contributed by atoms with van der Waals surface area (Å²) in [6, 6.07) is 13.7. The minimum atomic E-state index is -0.274. The van der Waals surface area contributed by atoms with Crippen molar-refractivity contribution in [3.05, 3.63) is 71.0 Å². The molecule has 0 radical (unpaired) electrons. The summed E-state index contributed by atoms with van der Waals surface area (Å²) < 4.78 is 12.8. The van der Waals surface area contributed by atoms with E-state index in [1.165, 1.54) is 17.7 Å². The summed E-state index contributed by atoms with van der Waals surface area (Å²) in [7, 11) is 0. The van der Waals surface area contributed by atoms with Gasteiger partial charge in [-0.15, -0.1) is 0 Å². The van der Waals surface area contributed by atoms with Crippen molar-refractivity contribution in [1.29, 1.82) is 0 Å². The second-order valence-corrected chi connectivity index (χ2v) is 5.09. The first-order chi connectivity index (χ1) is 9.56. The first-order valence-corrected chi connectivity index (χ1v) is 6.69. The van der Waals surface area contributed by atoms with Gasteiger partial charge in [0, 0.05) is 12.1 Å². The molecule has 0 saturated heterocycles. The van der Waals surface area contributed by atoms with Crippen LogP contribution in [-0.4, -0.2) is 5.91 Å². The number of benzene rings is 2. The van der Waals surface area contributed by atoms with Gasteiger partial charge in [0.05, 0.1) is 0 Å². The van der Waals surface area contributed by atoms with Gasteiger partial charge in [-0.1, -0.05) is 38.1 Å². The normalized spacial score (nSPS) is 10.6. The average molecular weight is 271 g/mol. The van der Waals surface area contributed by atoms with E-state index in [9.17, 15) is 9.18 Å². The van der Waals surface area contributed by atoms with Gasteiger partial charge in [-0.25, -0.2) is 4.39 Å². The molecule has 1 amide bonds. The van der Waals surface area contributed by atoms with Gasteiger partial charge in [-0.05, 0) is 41.3 Å². The first-order valence-electron chi connectivity index (χ1n) is 6.69. The first kappa shape index (κ1) is 14.3. The largest absolute Gasteiger partial charge is 0.348 e. The van der Waals surface area contributed by atoms with Crippen LogP contribution in [0.3, 0.4) is 0 Å². The molecular formula is C17H18FNO. The zero-order valence-corrected chi connectivity index (χ0v) is 11.7. The lowest BCUT2D eigenvalue weighted by Crippen LogP contribution is -2.22. The quantitative estimate of drug-likeness (QED) is 0.898. The van der Waals surface area contributed by atoms with Crippen molar-refractivity contribution in [2.45, 2.75) is 26.3 Å². The molecular weight excluding hydrogens is 253 g/mol. The molecule has 0 aliphatic rings. The maximum absolute atomic E-state index is 12.8. The summed E-state index contributed by atoms with van der Waals surface area (Å²) in [6.45, 7) is 4.62. The number of amides is 1. The fourth-order valence-electron chi connectivity index (χ4n) is 1.91. The van der Waals surface area contributed by atoms with Gasteiger partial charge in [0.15, 0.2) is 0 Å². The molecule has 3 heteroatoms.